The summed E-state index contributed by atoms with van der Waals surface area (Å²) in [5.74, 6) is 1.80. The van der Waals surface area contributed by atoms with Crippen molar-refractivity contribution < 1.29 is 0 Å². The van der Waals surface area contributed by atoms with Crippen LogP contribution in [0.2, 0.25) is 0 Å². The molecule has 1 aliphatic rings. The molecule has 2 nitrogen and oxygen atoms in total. The molecular weight excluding hydrogens is 228 g/mol. The van der Waals surface area contributed by atoms with Gasteiger partial charge < -0.3 is 5.32 Å². The summed E-state index contributed by atoms with van der Waals surface area (Å²) in [5, 5.41) is 7.01. The molecule has 1 aromatic heterocycles. The van der Waals surface area contributed by atoms with Crippen molar-refractivity contribution >= 4 is 11.3 Å². The van der Waals surface area contributed by atoms with Crippen LogP contribution >= 0.6 is 11.3 Å². The summed E-state index contributed by atoms with van der Waals surface area (Å²) in [5.41, 5.74) is 1.14. The smallest absolute Gasteiger partial charge is 0.110 e. The van der Waals surface area contributed by atoms with E-state index in [9.17, 15) is 0 Å². The highest BCUT2D eigenvalue weighted by atomic mass is 32.1. The maximum Gasteiger partial charge on any atom is 0.110 e. The van der Waals surface area contributed by atoms with Gasteiger partial charge in [0.25, 0.3) is 0 Å². The van der Waals surface area contributed by atoms with Gasteiger partial charge in [-0.1, -0.05) is 19.8 Å². The largest absolute Gasteiger partial charge is 0.308 e. The van der Waals surface area contributed by atoms with E-state index in [1.807, 2.05) is 0 Å². The van der Waals surface area contributed by atoms with E-state index in [0.29, 0.717) is 6.04 Å². The SMILES string of the molecule is Cc1csc(C(C)NCC2CCCC(C)C2)n1. The van der Waals surface area contributed by atoms with Crippen LogP contribution in [0.1, 0.15) is 56.3 Å². The lowest BCUT2D eigenvalue weighted by atomic mass is 9.82. The number of hydrogen-bond donors (Lipinski definition) is 1. The Hall–Kier alpha value is -0.410. The van der Waals surface area contributed by atoms with Crippen molar-refractivity contribution in [3.05, 3.63) is 16.1 Å². The Labute approximate surface area is 109 Å². The van der Waals surface area contributed by atoms with Crippen LogP contribution in [0, 0.1) is 18.8 Å². The third-order valence-electron chi connectivity index (χ3n) is 3.76. The highest BCUT2D eigenvalue weighted by Crippen LogP contribution is 2.28. The number of aromatic nitrogens is 1. The average Bonchev–Trinajstić information content (AvgIpc) is 2.73. The van der Waals surface area contributed by atoms with Crippen molar-refractivity contribution in [1.82, 2.24) is 10.3 Å². The lowest BCUT2D eigenvalue weighted by Gasteiger charge is -2.27. The second-order valence-corrected chi connectivity index (χ2v) is 6.48. The van der Waals surface area contributed by atoms with E-state index in [4.69, 9.17) is 0 Å². The quantitative estimate of drug-likeness (QED) is 0.878. The van der Waals surface area contributed by atoms with Crippen molar-refractivity contribution in [2.45, 2.75) is 52.5 Å². The molecule has 0 bridgehead atoms. The number of aryl methyl sites for hydroxylation is 1. The van der Waals surface area contributed by atoms with Crippen LogP contribution < -0.4 is 5.32 Å². The summed E-state index contributed by atoms with van der Waals surface area (Å²) in [6, 6.07) is 0.408. The molecule has 17 heavy (non-hydrogen) atoms. The van der Waals surface area contributed by atoms with Crippen molar-refractivity contribution in [3.63, 3.8) is 0 Å². The zero-order valence-electron chi connectivity index (χ0n) is 11.2. The Morgan fingerprint density at radius 2 is 2.35 bits per heavy atom. The van der Waals surface area contributed by atoms with Crippen molar-refractivity contribution in [2.75, 3.05) is 6.54 Å². The summed E-state index contributed by atoms with van der Waals surface area (Å²) in [6.45, 7) is 7.84. The first-order valence-corrected chi connectivity index (χ1v) is 7.68. The fraction of sp³-hybridized carbons (Fsp3) is 0.786. The first-order valence-electron chi connectivity index (χ1n) is 6.80. The molecule has 96 valence electrons. The van der Waals surface area contributed by atoms with Gasteiger partial charge in [0.05, 0.1) is 6.04 Å². The Bertz CT molecular complexity index is 348. The standard InChI is InChI=1S/C14H24N2S/c1-10-5-4-6-13(7-10)8-15-12(3)14-16-11(2)9-17-14/h9-10,12-13,15H,4-8H2,1-3H3. The number of thiazole rings is 1. The highest BCUT2D eigenvalue weighted by molar-refractivity contribution is 7.09. The van der Waals surface area contributed by atoms with E-state index in [1.54, 1.807) is 11.3 Å². The van der Waals surface area contributed by atoms with Crippen LogP contribution in [0.15, 0.2) is 5.38 Å². The van der Waals surface area contributed by atoms with Gasteiger partial charge in [-0.15, -0.1) is 11.3 Å². The first-order chi connectivity index (χ1) is 8.15. The molecule has 3 heteroatoms. The van der Waals surface area contributed by atoms with Gasteiger partial charge >= 0.3 is 0 Å². The monoisotopic (exact) mass is 252 g/mol. The van der Waals surface area contributed by atoms with Gasteiger partial charge in [-0.3, -0.25) is 0 Å². The number of rotatable bonds is 4. The molecule has 1 fully saturated rings. The van der Waals surface area contributed by atoms with Crippen molar-refractivity contribution in [2.24, 2.45) is 11.8 Å². The van der Waals surface area contributed by atoms with Crippen LogP contribution in [0.5, 0.6) is 0 Å². The Morgan fingerprint density at radius 1 is 1.53 bits per heavy atom. The fourth-order valence-electron chi connectivity index (χ4n) is 2.75. The molecule has 3 unspecified atom stereocenters. The van der Waals surface area contributed by atoms with Crippen LogP contribution in [-0.4, -0.2) is 11.5 Å². The maximum atomic E-state index is 4.55. The molecule has 0 amide bonds. The molecular formula is C14H24N2S. The minimum atomic E-state index is 0.408. The van der Waals surface area contributed by atoms with E-state index in [-0.39, 0.29) is 0 Å². The molecule has 1 saturated carbocycles. The zero-order chi connectivity index (χ0) is 12.3. The predicted octanol–water partition coefficient (Wildman–Crippen LogP) is 3.93. The summed E-state index contributed by atoms with van der Waals surface area (Å²) in [4.78, 5) is 4.55. The van der Waals surface area contributed by atoms with Gasteiger partial charge in [0.1, 0.15) is 5.01 Å². The normalized spacial score (nSPS) is 27.0. The van der Waals surface area contributed by atoms with Gasteiger partial charge in [-0.2, -0.15) is 0 Å². The third kappa shape index (κ3) is 3.78. The molecule has 0 aromatic carbocycles. The van der Waals surface area contributed by atoms with E-state index in [0.717, 1.165) is 24.1 Å². The molecule has 0 radical (unpaired) electrons. The second kappa shape index (κ2) is 5.96. The fourth-order valence-corrected chi connectivity index (χ4v) is 3.58. The van der Waals surface area contributed by atoms with Gasteiger partial charge in [0, 0.05) is 11.1 Å². The summed E-state index contributed by atoms with van der Waals surface area (Å²) in [7, 11) is 0. The highest BCUT2D eigenvalue weighted by Gasteiger charge is 2.19. The van der Waals surface area contributed by atoms with E-state index in [2.05, 4.69) is 36.5 Å². The van der Waals surface area contributed by atoms with Crippen LogP contribution in [0.25, 0.3) is 0 Å². The van der Waals surface area contributed by atoms with Crippen molar-refractivity contribution in [3.8, 4) is 0 Å². The van der Waals surface area contributed by atoms with E-state index < -0.39 is 0 Å². The molecule has 1 N–H and O–H groups in total. The Morgan fingerprint density at radius 3 is 3.00 bits per heavy atom. The van der Waals surface area contributed by atoms with Crippen LogP contribution in [-0.2, 0) is 0 Å². The minimum absolute atomic E-state index is 0.408. The Balaban J connectivity index is 1.77. The van der Waals surface area contributed by atoms with E-state index in [1.165, 1.54) is 30.7 Å². The molecule has 0 saturated heterocycles. The number of nitrogens with zero attached hydrogens (tertiary/aromatic N) is 1. The first kappa shape index (κ1) is 13.0. The minimum Gasteiger partial charge on any atom is -0.308 e. The lowest BCUT2D eigenvalue weighted by Crippen LogP contribution is -2.28. The maximum absolute atomic E-state index is 4.55. The molecule has 0 aliphatic heterocycles. The molecule has 2 rings (SSSR count). The van der Waals surface area contributed by atoms with E-state index >= 15 is 0 Å². The summed E-state index contributed by atoms with van der Waals surface area (Å²) < 4.78 is 0. The van der Waals surface area contributed by atoms with Gasteiger partial charge in [0.15, 0.2) is 0 Å². The van der Waals surface area contributed by atoms with Gasteiger partial charge in [0.2, 0.25) is 0 Å². The van der Waals surface area contributed by atoms with Gasteiger partial charge in [-0.25, -0.2) is 4.98 Å². The van der Waals surface area contributed by atoms with Crippen LogP contribution in [0.3, 0.4) is 0 Å². The summed E-state index contributed by atoms with van der Waals surface area (Å²) in [6.07, 6.45) is 5.65. The number of hydrogen-bond acceptors (Lipinski definition) is 3. The topological polar surface area (TPSA) is 24.9 Å². The predicted molar refractivity (Wildman–Crippen MR) is 74.4 cm³/mol. The third-order valence-corrected chi connectivity index (χ3v) is 4.91. The van der Waals surface area contributed by atoms with Gasteiger partial charge in [-0.05, 0) is 45.1 Å². The lowest BCUT2D eigenvalue weighted by molar-refractivity contribution is 0.268. The molecule has 1 aromatic rings. The summed E-state index contributed by atoms with van der Waals surface area (Å²) >= 11 is 1.77. The van der Waals surface area contributed by atoms with Crippen LogP contribution in [0.4, 0.5) is 0 Å². The van der Waals surface area contributed by atoms with Crippen molar-refractivity contribution in [1.29, 1.82) is 0 Å². The second-order valence-electron chi connectivity index (χ2n) is 5.59. The molecule has 1 heterocycles. The average molecular weight is 252 g/mol. The molecule has 3 atom stereocenters. The molecule has 0 spiro atoms. The zero-order valence-corrected chi connectivity index (χ0v) is 12.0. The number of nitrogens with one attached hydrogen (secondary N) is 1. The Kier molecular flexibility index (Phi) is 4.57. The molecule has 1 aliphatic carbocycles.